The number of rotatable bonds is 7. The summed E-state index contributed by atoms with van der Waals surface area (Å²) in [5.74, 6) is 1.11. The van der Waals surface area contributed by atoms with Crippen molar-refractivity contribution in [1.82, 2.24) is 9.97 Å². The topological polar surface area (TPSA) is 76.1 Å². The van der Waals surface area contributed by atoms with Gasteiger partial charge in [0.05, 0.1) is 12.7 Å². The van der Waals surface area contributed by atoms with Crippen molar-refractivity contribution in [2.24, 2.45) is 0 Å². The Bertz CT molecular complexity index is 955. The van der Waals surface area contributed by atoms with Gasteiger partial charge < -0.3 is 15.4 Å². The van der Waals surface area contributed by atoms with Crippen molar-refractivity contribution in [2.75, 3.05) is 24.3 Å². The van der Waals surface area contributed by atoms with Crippen LogP contribution in [0.4, 0.5) is 11.6 Å². The molecule has 0 fully saturated rings. The number of carbonyl (C=O) groups excluding carboxylic acids is 1. The monoisotopic (exact) mass is 376 g/mol. The molecule has 6 heteroatoms. The molecule has 0 radical (unpaired) electrons. The van der Waals surface area contributed by atoms with Crippen molar-refractivity contribution < 1.29 is 9.53 Å². The Morgan fingerprint density at radius 1 is 1.07 bits per heavy atom. The van der Waals surface area contributed by atoms with Gasteiger partial charge in [0.25, 0.3) is 5.91 Å². The highest BCUT2D eigenvalue weighted by Gasteiger charge is 2.09. The van der Waals surface area contributed by atoms with Gasteiger partial charge in [0.2, 0.25) is 5.95 Å². The summed E-state index contributed by atoms with van der Waals surface area (Å²) >= 11 is 0. The van der Waals surface area contributed by atoms with Gasteiger partial charge in [0.15, 0.2) is 0 Å². The van der Waals surface area contributed by atoms with E-state index in [1.165, 1.54) is 12.4 Å². The number of hydrogen-bond donors (Lipinski definition) is 2. The lowest BCUT2D eigenvalue weighted by Gasteiger charge is -2.10. The fourth-order valence-electron chi connectivity index (χ4n) is 2.75. The predicted molar refractivity (Wildman–Crippen MR) is 111 cm³/mol. The fourth-order valence-corrected chi connectivity index (χ4v) is 2.75. The summed E-state index contributed by atoms with van der Waals surface area (Å²) in [7, 11) is 1.66. The summed E-state index contributed by atoms with van der Waals surface area (Å²) in [5.41, 5.74) is 4.48. The maximum Gasteiger partial charge on any atom is 0.258 e. The molecule has 0 aliphatic heterocycles. The first-order valence-corrected chi connectivity index (χ1v) is 9.12. The Morgan fingerprint density at radius 3 is 2.61 bits per heavy atom. The second-order valence-corrected chi connectivity index (χ2v) is 6.60. The number of anilines is 2. The zero-order valence-electron chi connectivity index (χ0n) is 16.3. The number of benzene rings is 2. The maximum absolute atomic E-state index is 12.4. The summed E-state index contributed by atoms with van der Waals surface area (Å²) in [6.07, 6.45) is 3.87. The first-order chi connectivity index (χ1) is 13.5. The molecule has 0 unspecified atom stereocenters. The average molecular weight is 376 g/mol. The van der Waals surface area contributed by atoms with Crippen LogP contribution in [0.2, 0.25) is 0 Å². The third-order valence-electron chi connectivity index (χ3n) is 4.39. The van der Waals surface area contributed by atoms with E-state index in [9.17, 15) is 4.79 Å². The lowest BCUT2D eigenvalue weighted by atomic mass is 10.1. The Kier molecular flexibility index (Phi) is 6.22. The summed E-state index contributed by atoms with van der Waals surface area (Å²) in [6.45, 7) is 4.63. The Hall–Kier alpha value is -3.41. The maximum atomic E-state index is 12.4. The molecule has 1 heterocycles. The molecule has 0 spiro atoms. The number of aromatic nitrogens is 2. The predicted octanol–water partition coefficient (Wildman–Crippen LogP) is 4.01. The van der Waals surface area contributed by atoms with Crippen LogP contribution in [0.3, 0.4) is 0 Å². The Morgan fingerprint density at radius 2 is 1.86 bits per heavy atom. The van der Waals surface area contributed by atoms with Gasteiger partial charge in [0.1, 0.15) is 5.75 Å². The van der Waals surface area contributed by atoms with E-state index >= 15 is 0 Å². The van der Waals surface area contributed by atoms with Crippen LogP contribution < -0.4 is 15.4 Å². The SMILES string of the molecule is COc1cccc(CCNc2ncc(C(=O)Nc3cc(C)ccc3C)cn2)c1. The van der Waals surface area contributed by atoms with Crippen LogP contribution in [0.5, 0.6) is 5.75 Å². The minimum atomic E-state index is -0.225. The zero-order valence-corrected chi connectivity index (χ0v) is 16.3. The van der Waals surface area contributed by atoms with Gasteiger partial charge in [-0.25, -0.2) is 9.97 Å². The van der Waals surface area contributed by atoms with Gasteiger partial charge in [-0.1, -0.05) is 24.3 Å². The molecule has 144 valence electrons. The molecule has 6 nitrogen and oxygen atoms in total. The highest BCUT2D eigenvalue weighted by atomic mass is 16.5. The molecular formula is C22H24N4O2. The van der Waals surface area contributed by atoms with Crippen molar-refractivity contribution >= 4 is 17.5 Å². The van der Waals surface area contributed by atoms with Crippen LogP contribution in [-0.2, 0) is 6.42 Å². The van der Waals surface area contributed by atoms with Gasteiger partial charge in [-0.15, -0.1) is 0 Å². The smallest absolute Gasteiger partial charge is 0.258 e. The number of nitrogens with one attached hydrogen (secondary N) is 2. The number of hydrogen-bond acceptors (Lipinski definition) is 5. The van der Waals surface area contributed by atoms with Gasteiger partial charge in [0, 0.05) is 24.6 Å². The average Bonchev–Trinajstić information content (AvgIpc) is 2.71. The molecule has 0 bridgehead atoms. The van der Waals surface area contributed by atoms with E-state index in [-0.39, 0.29) is 5.91 Å². The number of nitrogens with zero attached hydrogens (tertiary/aromatic N) is 2. The van der Waals surface area contributed by atoms with E-state index in [4.69, 9.17) is 4.74 Å². The summed E-state index contributed by atoms with van der Waals surface area (Å²) in [4.78, 5) is 20.9. The van der Waals surface area contributed by atoms with E-state index in [0.717, 1.165) is 34.5 Å². The second kappa shape index (κ2) is 8.99. The van der Waals surface area contributed by atoms with Crippen molar-refractivity contribution in [2.45, 2.75) is 20.3 Å². The van der Waals surface area contributed by atoms with Gasteiger partial charge in [-0.05, 0) is 55.2 Å². The standard InChI is InChI=1S/C22H24N4O2/c1-15-7-8-16(2)20(11-15)26-21(27)18-13-24-22(25-14-18)23-10-9-17-5-4-6-19(12-17)28-3/h4-8,11-14H,9-10H2,1-3H3,(H,26,27)(H,23,24,25). The van der Waals surface area contributed by atoms with Gasteiger partial charge in [-0.3, -0.25) is 4.79 Å². The molecular weight excluding hydrogens is 352 g/mol. The highest BCUT2D eigenvalue weighted by molar-refractivity contribution is 6.04. The van der Waals surface area contributed by atoms with Crippen LogP contribution in [0, 0.1) is 13.8 Å². The molecule has 3 rings (SSSR count). The van der Waals surface area contributed by atoms with Crippen LogP contribution in [0.1, 0.15) is 27.0 Å². The third-order valence-corrected chi connectivity index (χ3v) is 4.39. The van der Waals surface area contributed by atoms with Crippen molar-refractivity contribution in [1.29, 1.82) is 0 Å². The van der Waals surface area contributed by atoms with Gasteiger partial charge >= 0.3 is 0 Å². The van der Waals surface area contributed by atoms with E-state index in [0.29, 0.717) is 18.1 Å². The number of methoxy groups -OCH3 is 1. The zero-order chi connectivity index (χ0) is 19.9. The number of ether oxygens (including phenoxy) is 1. The van der Waals surface area contributed by atoms with Crippen molar-refractivity contribution in [3.05, 3.63) is 77.1 Å². The molecule has 2 aromatic carbocycles. The number of amides is 1. The molecule has 1 aromatic heterocycles. The van der Waals surface area contributed by atoms with Crippen LogP contribution in [-0.4, -0.2) is 29.5 Å². The molecule has 0 saturated carbocycles. The molecule has 2 N–H and O–H groups in total. The van der Waals surface area contributed by atoms with Crippen molar-refractivity contribution in [3.63, 3.8) is 0 Å². The van der Waals surface area contributed by atoms with Crippen LogP contribution in [0.25, 0.3) is 0 Å². The Labute approximate surface area is 165 Å². The van der Waals surface area contributed by atoms with Crippen LogP contribution in [0.15, 0.2) is 54.9 Å². The minimum Gasteiger partial charge on any atom is -0.497 e. The lowest BCUT2D eigenvalue weighted by molar-refractivity contribution is 0.102. The largest absolute Gasteiger partial charge is 0.497 e. The second-order valence-electron chi connectivity index (χ2n) is 6.60. The molecule has 0 atom stereocenters. The minimum absolute atomic E-state index is 0.225. The third kappa shape index (κ3) is 5.07. The first-order valence-electron chi connectivity index (χ1n) is 9.12. The summed E-state index contributed by atoms with van der Waals surface area (Å²) < 4.78 is 5.23. The fraction of sp³-hybridized carbons (Fsp3) is 0.227. The van der Waals surface area contributed by atoms with E-state index in [2.05, 4.69) is 20.6 Å². The molecule has 0 aliphatic rings. The summed E-state index contributed by atoms with van der Waals surface area (Å²) in [5, 5.41) is 6.08. The van der Waals surface area contributed by atoms with E-state index in [1.807, 2.05) is 56.3 Å². The van der Waals surface area contributed by atoms with Gasteiger partial charge in [-0.2, -0.15) is 0 Å². The molecule has 1 amide bonds. The Balaban J connectivity index is 1.55. The number of aryl methyl sites for hydroxylation is 2. The van der Waals surface area contributed by atoms with Crippen molar-refractivity contribution in [3.8, 4) is 5.75 Å². The van der Waals surface area contributed by atoms with E-state index < -0.39 is 0 Å². The first kappa shape index (κ1) is 19.4. The van der Waals surface area contributed by atoms with E-state index in [1.54, 1.807) is 7.11 Å². The summed E-state index contributed by atoms with van der Waals surface area (Å²) in [6, 6.07) is 13.9. The lowest BCUT2D eigenvalue weighted by Crippen LogP contribution is -2.14. The molecule has 0 aliphatic carbocycles. The quantitative estimate of drug-likeness (QED) is 0.652. The normalized spacial score (nSPS) is 10.4. The molecule has 0 saturated heterocycles. The molecule has 3 aromatic rings. The highest BCUT2D eigenvalue weighted by Crippen LogP contribution is 2.17. The van der Waals surface area contributed by atoms with Crippen LogP contribution >= 0.6 is 0 Å². The molecule has 28 heavy (non-hydrogen) atoms. The number of carbonyl (C=O) groups is 1.